The summed E-state index contributed by atoms with van der Waals surface area (Å²) in [6.07, 6.45) is 2.84. The normalized spacial score (nSPS) is 16.0. The number of ether oxygens (including phenoxy) is 1. The number of aromatic carboxylic acids is 1. The maximum absolute atomic E-state index is 12.4. The standard InChI is InChI=1S/C20H23NO4S/c1-3-25-14-7-5-13(6-8-14)11-17(22)21-19-18(20(23)24)15-9-4-12(2)10-16(15)26-19/h5-8,12H,3-4,9-11H2,1-2H3,(H,21,22)(H,23,24). The molecule has 0 aliphatic heterocycles. The summed E-state index contributed by atoms with van der Waals surface area (Å²) >= 11 is 1.41. The maximum Gasteiger partial charge on any atom is 0.339 e. The van der Waals surface area contributed by atoms with E-state index in [1.807, 2.05) is 31.2 Å². The molecule has 0 fully saturated rings. The van der Waals surface area contributed by atoms with Gasteiger partial charge in [0.2, 0.25) is 5.91 Å². The Labute approximate surface area is 157 Å². The number of nitrogens with one attached hydrogen (secondary N) is 1. The van der Waals surface area contributed by atoms with Crippen molar-refractivity contribution in [3.63, 3.8) is 0 Å². The van der Waals surface area contributed by atoms with Crippen molar-refractivity contribution < 1.29 is 19.4 Å². The van der Waals surface area contributed by atoms with Gasteiger partial charge in [0.05, 0.1) is 18.6 Å². The quantitative estimate of drug-likeness (QED) is 0.797. The van der Waals surface area contributed by atoms with E-state index in [1.54, 1.807) is 0 Å². The van der Waals surface area contributed by atoms with Gasteiger partial charge < -0.3 is 15.2 Å². The van der Waals surface area contributed by atoms with Gasteiger partial charge in [-0.2, -0.15) is 0 Å². The number of amides is 1. The fourth-order valence-electron chi connectivity index (χ4n) is 3.29. The van der Waals surface area contributed by atoms with Gasteiger partial charge >= 0.3 is 5.97 Å². The van der Waals surface area contributed by atoms with Gasteiger partial charge in [-0.05, 0) is 55.4 Å². The summed E-state index contributed by atoms with van der Waals surface area (Å²) in [5.74, 6) is 0.150. The predicted molar refractivity (Wildman–Crippen MR) is 102 cm³/mol. The van der Waals surface area contributed by atoms with Crippen LogP contribution in [0.2, 0.25) is 0 Å². The number of benzene rings is 1. The first-order valence-corrected chi connectivity index (χ1v) is 9.69. The molecule has 1 heterocycles. The highest BCUT2D eigenvalue weighted by Crippen LogP contribution is 2.39. The molecule has 2 aromatic rings. The van der Waals surface area contributed by atoms with Gasteiger partial charge in [-0.25, -0.2) is 4.79 Å². The molecule has 5 nitrogen and oxygen atoms in total. The van der Waals surface area contributed by atoms with Crippen LogP contribution >= 0.6 is 11.3 Å². The molecule has 0 saturated carbocycles. The molecule has 138 valence electrons. The molecule has 0 saturated heterocycles. The van der Waals surface area contributed by atoms with Gasteiger partial charge in [0.1, 0.15) is 10.8 Å². The van der Waals surface area contributed by atoms with Gasteiger partial charge in [0, 0.05) is 4.88 Å². The van der Waals surface area contributed by atoms with Crippen LogP contribution in [-0.4, -0.2) is 23.6 Å². The van der Waals surface area contributed by atoms with Gasteiger partial charge in [-0.1, -0.05) is 19.1 Å². The van der Waals surface area contributed by atoms with E-state index in [9.17, 15) is 14.7 Å². The Morgan fingerprint density at radius 1 is 1.31 bits per heavy atom. The molecule has 6 heteroatoms. The second-order valence-electron chi connectivity index (χ2n) is 6.66. The average molecular weight is 373 g/mol. The van der Waals surface area contributed by atoms with Gasteiger partial charge in [0.15, 0.2) is 0 Å². The Kier molecular flexibility index (Phi) is 5.61. The third-order valence-electron chi connectivity index (χ3n) is 4.58. The zero-order chi connectivity index (χ0) is 18.7. The number of fused-ring (bicyclic) bond motifs is 1. The molecule has 1 aromatic carbocycles. The molecule has 1 unspecified atom stereocenters. The molecular formula is C20H23NO4S. The van der Waals surface area contributed by atoms with Crippen LogP contribution < -0.4 is 10.1 Å². The van der Waals surface area contributed by atoms with E-state index >= 15 is 0 Å². The van der Waals surface area contributed by atoms with E-state index in [0.29, 0.717) is 17.5 Å². The minimum absolute atomic E-state index is 0.199. The van der Waals surface area contributed by atoms with Crippen LogP contribution in [0.25, 0.3) is 0 Å². The van der Waals surface area contributed by atoms with Crippen molar-refractivity contribution in [2.24, 2.45) is 5.92 Å². The smallest absolute Gasteiger partial charge is 0.339 e. The number of thiophene rings is 1. The fraction of sp³-hybridized carbons (Fsp3) is 0.400. The molecule has 1 aliphatic carbocycles. The van der Waals surface area contributed by atoms with Crippen molar-refractivity contribution >= 4 is 28.2 Å². The van der Waals surface area contributed by atoms with E-state index in [-0.39, 0.29) is 17.9 Å². The van der Waals surface area contributed by atoms with E-state index in [2.05, 4.69) is 12.2 Å². The summed E-state index contributed by atoms with van der Waals surface area (Å²) in [5.41, 5.74) is 2.03. The van der Waals surface area contributed by atoms with Crippen molar-refractivity contribution in [1.82, 2.24) is 0 Å². The Bertz CT molecular complexity index is 810. The van der Waals surface area contributed by atoms with Crippen LogP contribution in [0, 0.1) is 5.92 Å². The zero-order valence-electron chi connectivity index (χ0n) is 15.0. The molecule has 1 aromatic heterocycles. The fourth-order valence-corrected chi connectivity index (χ4v) is 4.71. The first-order chi connectivity index (χ1) is 12.5. The van der Waals surface area contributed by atoms with Crippen LogP contribution in [0.4, 0.5) is 5.00 Å². The van der Waals surface area contributed by atoms with Gasteiger partial charge in [-0.3, -0.25) is 4.79 Å². The van der Waals surface area contributed by atoms with Crippen molar-refractivity contribution in [3.8, 4) is 5.75 Å². The topological polar surface area (TPSA) is 75.6 Å². The minimum atomic E-state index is -0.964. The lowest BCUT2D eigenvalue weighted by molar-refractivity contribution is -0.115. The average Bonchev–Trinajstić information content (AvgIpc) is 2.93. The molecule has 1 amide bonds. The molecule has 1 atom stereocenters. The van der Waals surface area contributed by atoms with Crippen molar-refractivity contribution in [2.75, 3.05) is 11.9 Å². The van der Waals surface area contributed by atoms with E-state index < -0.39 is 5.97 Å². The number of carboxylic acid groups (broad SMARTS) is 1. The van der Waals surface area contributed by atoms with E-state index in [0.717, 1.165) is 41.0 Å². The molecular weight excluding hydrogens is 350 g/mol. The molecule has 1 aliphatic rings. The van der Waals surface area contributed by atoms with Crippen LogP contribution in [0.1, 0.15) is 46.6 Å². The monoisotopic (exact) mass is 373 g/mol. The molecule has 26 heavy (non-hydrogen) atoms. The van der Waals surface area contributed by atoms with E-state index in [1.165, 1.54) is 11.3 Å². The predicted octanol–water partition coefficient (Wildman–Crippen LogP) is 4.15. The number of anilines is 1. The minimum Gasteiger partial charge on any atom is -0.494 e. The summed E-state index contributed by atoms with van der Waals surface area (Å²) in [5, 5.41) is 12.9. The second-order valence-corrected chi connectivity index (χ2v) is 7.77. The number of carbonyl (C=O) groups excluding carboxylic acids is 1. The number of rotatable bonds is 6. The summed E-state index contributed by atoms with van der Waals surface area (Å²) in [6, 6.07) is 7.37. The zero-order valence-corrected chi connectivity index (χ0v) is 15.8. The molecule has 0 bridgehead atoms. The first-order valence-electron chi connectivity index (χ1n) is 8.87. The van der Waals surface area contributed by atoms with Crippen molar-refractivity contribution in [2.45, 2.75) is 39.5 Å². The Morgan fingerprint density at radius 2 is 2.04 bits per heavy atom. The largest absolute Gasteiger partial charge is 0.494 e. The number of hydrogen-bond donors (Lipinski definition) is 2. The Balaban J connectivity index is 1.73. The van der Waals surface area contributed by atoms with E-state index in [4.69, 9.17) is 4.74 Å². The summed E-state index contributed by atoms with van der Waals surface area (Å²) in [6.45, 7) is 4.69. The lowest BCUT2D eigenvalue weighted by atomic mass is 9.88. The SMILES string of the molecule is CCOc1ccc(CC(=O)Nc2sc3c(c2C(=O)O)CCC(C)C3)cc1. The Hall–Kier alpha value is -2.34. The maximum atomic E-state index is 12.4. The second kappa shape index (κ2) is 7.91. The summed E-state index contributed by atoms with van der Waals surface area (Å²) < 4.78 is 5.39. The first kappa shape index (κ1) is 18.5. The highest BCUT2D eigenvalue weighted by molar-refractivity contribution is 7.17. The highest BCUT2D eigenvalue weighted by Gasteiger charge is 2.28. The number of carboxylic acids is 1. The molecule has 0 radical (unpaired) electrons. The Morgan fingerprint density at radius 3 is 2.69 bits per heavy atom. The lowest BCUT2D eigenvalue weighted by Crippen LogP contribution is -2.16. The van der Waals surface area contributed by atoms with Crippen LogP contribution in [0.15, 0.2) is 24.3 Å². The van der Waals surface area contributed by atoms with Gasteiger partial charge in [-0.15, -0.1) is 11.3 Å². The van der Waals surface area contributed by atoms with Crippen LogP contribution in [0.5, 0.6) is 5.75 Å². The molecule has 2 N–H and O–H groups in total. The summed E-state index contributed by atoms with van der Waals surface area (Å²) in [4.78, 5) is 25.2. The highest BCUT2D eigenvalue weighted by atomic mass is 32.1. The van der Waals surface area contributed by atoms with Crippen molar-refractivity contribution in [3.05, 3.63) is 45.8 Å². The third-order valence-corrected chi connectivity index (χ3v) is 5.75. The molecule has 3 rings (SSSR count). The van der Waals surface area contributed by atoms with Gasteiger partial charge in [0.25, 0.3) is 0 Å². The number of hydrogen-bond acceptors (Lipinski definition) is 4. The van der Waals surface area contributed by atoms with Crippen molar-refractivity contribution in [1.29, 1.82) is 0 Å². The van der Waals surface area contributed by atoms with Crippen LogP contribution in [-0.2, 0) is 24.1 Å². The molecule has 0 spiro atoms. The summed E-state index contributed by atoms with van der Waals surface area (Å²) in [7, 11) is 0. The van der Waals surface area contributed by atoms with Crippen LogP contribution in [0.3, 0.4) is 0 Å². The number of carbonyl (C=O) groups is 2. The lowest BCUT2D eigenvalue weighted by Gasteiger charge is -2.17. The third kappa shape index (κ3) is 4.07.